The van der Waals surface area contributed by atoms with Crippen LogP contribution in [-0.4, -0.2) is 12.7 Å². The minimum absolute atomic E-state index is 0.347. The quantitative estimate of drug-likeness (QED) is 0.808. The number of rotatable bonds is 5. The topological polar surface area (TPSA) is 44.5 Å². The summed E-state index contributed by atoms with van der Waals surface area (Å²) in [6, 6.07) is 5.68. The van der Waals surface area contributed by atoms with Gasteiger partial charge >= 0.3 is 0 Å². The molecule has 1 aromatic rings. The zero-order valence-electron chi connectivity index (χ0n) is 11.2. The third kappa shape index (κ3) is 3.83. The highest BCUT2D eigenvalue weighted by atomic mass is 16.5. The number of nitrogen functional groups attached to an aromatic ring is 1. The first-order valence-electron chi connectivity index (χ1n) is 6.98. The first kappa shape index (κ1) is 13.1. The van der Waals surface area contributed by atoms with E-state index >= 15 is 0 Å². The van der Waals surface area contributed by atoms with Crippen molar-refractivity contribution < 1.29 is 9.47 Å². The molecule has 0 radical (unpaired) electrons. The molecular formula is C15H23NO2. The fourth-order valence-electron chi connectivity index (χ4n) is 2.34. The van der Waals surface area contributed by atoms with E-state index in [1.54, 1.807) is 0 Å². The van der Waals surface area contributed by atoms with Gasteiger partial charge in [0.25, 0.3) is 0 Å². The fourth-order valence-corrected chi connectivity index (χ4v) is 2.34. The molecule has 100 valence electrons. The van der Waals surface area contributed by atoms with E-state index in [-0.39, 0.29) is 0 Å². The minimum Gasteiger partial charge on any atom is -0.493 e. The molecule has 0 aliphatic heterocycles. The molecule has 0 bridgehead atoms. The van der Waals surface area contributed by atoms with E-state index in [4.69, 9.17) is 15.2 Å². The first-order chi connectivity index (χ1) is 8.78. The zero-order valence-corrected chi connectivity index (χ0v) is 11.2. The average Bonchev–Trinajstić information content (AvgIpc) is 2.37. The van der Waals surface area contributed by atoms with Crippen molar-refractivity contribution in [2.75, 3.05) is 12.3 Å². The van der Waals surface area contributed by atoms with Gasteiger partial charge < -0.3 is 15.2 Å². The molecule has 0 atom stereocenters. The Hall–Kier alpha value is -1.38. The second-order valence-electron chi connectivity index (χ2n) is 4.96. The maximum atomic E-state index is 6.00. The number of ether oxygens (including phenoxy) is 2. The summed E-state index contributed by atoms with van der Waals surface area (Å²) < 4.78 is 11.6. The van der Waals surface area contributed by atoms with Crippen LogP contribution in [0.5, 0.6) is 11.5 Å². The highest BCUT2D eigenvalue weighted by Gasteiger charge is 2.15. The lowest BCUT2D eigenvalue weighted by Gasteiger charge is -2.23. The molecule has 1 aliphatic rings. The van der Waals surface area contributed by atoms with Crippen molar-refractivity contribution >= 4 is 5.69 Å². The van der Waals surface area contributed by atoms with Gasteiger partial charge in [0.05, 0.1) is 12.7 Å². The largest absolute Gasteiger partial charge is 0.493 e. The summed E-state index contributed by atoms with van der Waals surface area (Å²) in [7, 11) is 0. The Morgan fingerprint density at radius 3 is 2.56 bits per heavy atom. The van der Waals surface area contributed by atoms with Crippen molar-refractivity contribution in [3.8, 4) is 11.5 Å². The molecule has 0 aromatic heterocycles. The number of nitrogens with two attached hydrogens (primary N) is 1. The number of anilines is 1. The van der Waals surface area contributed by atoms with Crippen LogP contribution in [0.2, 0.25) is 0 Å². The van der Waals surface area contributed by atoms with Gasteiger partial charge in [0.15, 0.2) is 0 Å². The van der Waals surface area contributed by atoms with Crippen LogP contribution in [0.25, 0.3) is 0 Å². The zero-order chi connectivity index (χ0) is 12.8. The predicted octanol–water partition coefficient (Wildman–Crippen LogP) is 3.77. The number of hydrogen-bond acceptors (Lipinski definition) is 3. The number of benzene rings is 1. The molecule has 0 unspecified atom stereocenters. The second-order valence-corrected chi connectivity index (χ2v) is 4.96. The molecule has 1 saturated carbocycles. The normalized spacial score (nSPS) is 16.5. The van der Waals surface area contributed by atoms with Gasteiger partial charge in [0.1, 0.15) is 11.5 Å². The van der Waals surface area contributed by atoms with Crippen LogP contribution >= 0.6 is 0 Å². The smallest absolute Gasteiger partial charge is 0.125 e. The van der Waals surface area contributed by atoms with Crippen molar-refractivity contribution in [2.45, 2.75) is 51.6 Å². The molecule has 0 heterocycles. The molecule has 1 fully saturated rings. The summed E-state index contributed by atoms with van der Waals surface area (Å²) in [5.74, 6) is 1.65. The van der Waals surface area contributed by atoms with Gasteiger partial charge in [-0.3, -0.25) is 0 Å². The molecule has 18 heavy (non-hydrogen) atoms. The van der Waals surface area contributed by atoms with Crippen LogP contribution in [0.1, 0.15) is 45.4 Å². The van der Waals surface area contributed by atoms with Gasteiger partial charge in [-0.15, -0.1) is 0 Å². The lowest BCUT2D eigenvalue weighted by Crippen LogP contribution is -2.19. The Labute approximate surface area is 109 Å². The van der Waals surface area contributed by atoms with Crippen LogP contribution in [0.4, 0.5) is 5.69 Å². The Balaban J connectivity index is 1.99. The van der Waals surface area contributed by atoms with E-state index < -0.39 is 0 Å². The maximum Gasteiger partial charge on any atom is 0.125 e. The third-order valence-electron chi connectivity index (χ3n) is 3.23. The van der Waals surface area contributed by atoms with Gasteiger partial charge in [-0.1, -0.05) is 13.3 Å². The molecule has 3 heteroatoms. The van der Waals surface area contributed by atoms with Crippen molar-refractivity contribution in [3.63, 3.8) is 0 Å². The molecule has 1 aromatic carbocycles. The monoisotopic (exact) mass is 249 g/mol. The number of hydrogen-bond donors (Lipinski definition) is 1. The standard InChI is InChI=1S/C15H23NO2/c1-2-8-17-14-9-12(16)10-15(11-14)18-13-6-4-3-5-7-13/h9-11,13H,2-8,16H2,1H3. The molecular weight excluding hydrogens is 226 g/mol. The van der Waals surface area contributed by atoms with Gasteiger partial charge in [-0.2, -0.15) is 0 Å². The van der Waals surface area contributed by atoms with E-state index in [0.717, 1.165) is 30.8 Å². The molecule has 2 N–H and O–H groups in total. The van der Waals surface area contributed by atoms with Crippen molar-refractivity contribution in [2.24, 2.45) is 0 Å². The van der Waals surface area contributed by atoms with Gasteiger partial charge in [-0.05, 0) is 32.1 Å². The predicted molar refractivity (Wildman–Crippen MR) is 74.1 cm³/mol. The summed E-state index contributed by atoms with van der Waals surface area (Å²) in [6.07, 6.45) is 7.52. The molecule has 0 spiro atoms. The van der Waals surface area contributed by atoms with Gasteiger partial charge in [0.2, 0.25) is 0 Å². The molecule has 3 nitrogen and oxygen atoms in total. The van der Waals surface area contributed by atoms with Crippen molar-refractivity contribution in [1.82, 2.24) is 0 Å². The van der Waals surface area contributed by atoms with E-state index in [1.807, 2.05) is 18.2 Å². The van der Waals surface area contributed by atoms with Gasteiger partial charge in [-0.25, -0.2) is 0 Å². The highest BCUT2D eigenvalue weighted by molar-refractivity contribution is 5.50. The van der Waals surface area contributed by atoms with E-state index in [2.05, 4.69) is 6.92 Å². The van der Waals surface area contributed by atoms with Crippen LogP contribution < -0.4 is 15.2 Å². The summed E-state index contributed by atoms with van der Waals surface area (Å²) in [5.41, 5.74) is 6.58. The Kier molecular flexibility index (Phi) is 4.73. The first-order valence-corrected chi connectivity index (χ1v) is 6.98. The lowest BCUT2D eigenvalue weighted by atomic mass is 9.98. The van der Waals surface area contributed by atoms with E-state index in [0.29, 0.717) is 18.4 Å². The Morgan fingerprint density at radius 2 is 1.83 bits per heavy atom. The lowest BCUT2D eigenvalue weighted by molar-refractivity contribution is 0.154. The fraction of sp³-hybridized carbons (Fsp3) is 0.600. The molecule has 0 saturated heterocycles. The molecule has 1 aliphatic carbocycles. The maximum absolute atomic E-state index is 6.00. The minimum atomic E-state index is 0.347. The van der Waals surface area contributed by atoms with E-state index in [9.17, 15) is 0 Å². The highest BCUT2D eigenvalue weighted by Crippen LogP contribution is 2.28. The SMILES string of the molecule is CCCOc1cc(N)cc(OC2CCCCC2)c1. The van der Waals surface area contributed by atoms with Gasteiger partial charge in [0, 0.05) is 23.9 Å². The molecule has 2 rings (SSSR count). The van der Waals surface area contributed by atoms with E-state index in [1.165, 1.54) is 19.3 Å². The summed E-state index contributed by atoms with van der Waals surface area (Å²) >= 11 is 0. The average molecular weight is 249 g/mol. The summed E-state index contributed by atoms with van der Waals surface area (Å²) in [4.78, 5) is 0. The second kappa shape index (κ2) is 6.53. The Morgan fingerprint density at radius 1 is 1.11 bits per heavy atom. The van der Waals surface area contributed by atoms with Crippen molar-refractivity contribution in [3.05, 3.63) is 18.2 Å². The van der Waals surface area contributed by atoms with Crippen LogP contribution in [0, 0.1) is 0 Å². The summed E-state index contributed by atoms with van der Waals surface area (Å²) in [5, 5.41) is 0. The van der Waals surface area contributed by atoms with Crippen LogP contribution in [-0.2, 0) is 0 Å². The third-order valence-corrected chi connectivity index (χ3v) is 3.23. The van der Waals surface area contributed by atoms with Crippen molar-refractivity contribution in [1.29, 1.82) is 0 Å². The summed E-state index contributed by atoms with van der Waals surface area (Å²) in [6.45, 7) is 2.80. The van der Waals surface area contributed by atoms with Crippen LogP contribution in [0.3, 0.4) is 0 Å². The van der Waals surface area contributed by atoms with Crippen LogP contribution in [0.15, 0.2) is 18.2 Å². The molecule has 0 amide bonds. The Bertz CT molecular complexity index is 373.